The quantitative estimate of drug-likeness (QED) is 0.712. The van der Waals surface area contributed by atoms with Crippen molar-refractivity contribution in [1.82, 2.24) is 0 Å². The molecular formula is C19H30N+. The average molecular weight is 272 g/mol. The molecule has 0 heterocycles. The molecule has 0 aliphatic heterocycles. The summed E-state index contributed by atoms with van der Waals surface area (Å²) < 4.78 is 1.14. The van der Waals surface area contributed by atoms with Gasteiger partial charge in [-0.15, -0.1) is 0 Å². The molecule has 3 rings (SSSR count). The molecule has 0 amide bonds. The highest BCUT2D eigenvalue weighted by molar-refractivity contribution is 5.15. The molecule has 2 aliphatic carbocycles. The third-order valence-electron chi connectivity index (χ3n) is 7.02. The molecule has 2 bridgehead atoms. The monoisotopic (exact) mass is 272 g/mol. The summed E-state index contributed by atoms with van der Waals surface area (Å²) in [5, 5.41) is 0. The maximum absolute atomic E-state index is 2.57. The Hall–Kier alpha value is -0.820. The molecule has 2 fully saturated rings. The number of benzene rings is 1. The van der Waals surface area contributed by atoms with Crippen LogP contribution >= 0.6 is 0 Å². The van der Waals surface area contributed by atoms with Crippen molar-refractivity contribution >= 4 is 0 Å². The number of fused-ring (bicyclic) bond motifs is 2. The lowest BCUT2D eigenvalue weighted by atomic mass is 9.68. The van der Waals surface area contributed by atoms with Crippen LogP contribution in [0.4, 0.5) is 0 Å². The van der Waals surface area contributed by atoms with Crippen LogP contribution in [0, 0.1) is 16.7 Å². The molecule has 1 heteroatoms. The van der Waals surface area contributed by atoms with Crippen molar-refractivity contribution in [3.05, 3.63) is 35.9 Å². The SMILES string of the molecule is CC1(C)C2CCC1(C)C([N+](C)(C)Cc1ccccc1)C2. The highest BCUT2D eigenvalue weighted by Gasteiger charge is 2.65. The van der Waals surface area contributed by atoms with Crippen molar-refractivity contribution in [3.63, 3.8) is 0 Å². The van der Waals surface area contributed by atoms with Gasteiger partial charge in [-0.1, -0.05) is 51.1 Å². The van der Waals surface area contributed by atoms with Gasteiger partial charge >= 0.3 is 0 Å². The Morgan fingerprint density at radius 3 is 2.25 bits per heavy atom. The average Bonchev–Trinajstić information content (AvgIpc) is 2.72. The Morgan fingerprint density at radius 1 is 1.10 bits per heavy atom. The molecule has 1 nitrogen and oxygen atoms in total. The van der Waals surface area contributed by atoms with Crippen LogP contribution in [0.5, 0.6) is 0 Å². The van der Waals surface area contributed by atoms with E-state index >= 15 is 0 Å². The van der Waals surface area contributed by atoms with Gasteiger partial charge in [0.25, 0.3) is 0 Å². The van der Waals surface area contributed by atoms with E-state index < -0.39 is 0 Å². The van der Waals surface area contributed by atoms with Gasteiger partial charge in [-0.2, -0.15) is 0 Å². The fourth-order valence-corrected chi connectivity index (χ4v) is 5.38. The standard InChI is InChI=1S/C19H30N/c1-18(2)16-11-12-19(18,3)17(13-16)20(4,5)14-15-9-7-6-8-10-15/h6-10,16-17H,11-14H2,1-5H3/q+1. The Bertz CT molecular complexity index is 488. The van der Waals surface area contributed by atoms with E-state index in [1.807, 2.05) is 0 Å². The van der Waals surface area contributed by atoms with Crippen LogP contribution in [-0.2, 0) is 6.54 Å². The van der Waals surface area contributed by atoms with E-state index in [1.54, 1.807) is 0 Å². The zero-order valence-corrected chi connectivity index (χ0v) is 13.8. The van der Waals surface area contributed by atoms with Crippen molar-refractivity contribution in [2.75, 3.05) is 14.1 Å². The Morgan fingerprint density at radius 2 is 1.75 bits per heavy atom. The molecule has 3 unspecified atom stereocenters. The number of nitrogens with zero attached hydrogens (tertiary/aromatic N) is 1. The highest BCUT2D eigenvalue weighted by atomic mass is 15.3. The lowest BCUT2D eigenvalue weighted by Gasteiger charge is -2.47. The van der Waals surface area contributed by atoms with Gasteiger partial charge in [-0.05, 0) is 24.2 Å². The van der Waals surface area contributed by atoms with E-state index in [-0.39, 0.29) is 0 Å². The molecule has 0 N–H and O–H groups in total. The topological polar surface area (TPSA) is 0 Å². The van der Waals surface area contributed by atoms with E-state index in [9.17, 15) is 0 Å². The Kier molecular flexibility index (Phi) is 3.06. The maximum Gasteiger partial charge on any atom is 0.104 e. The number of rotatable bonds is 3. The van der Waals surface area contributed by atoms with Gasteiger partial charge in [0.05, 0.1) is 20.1 Å². The van der Waals surface area contributed by atoms with Gasteiger partial charge in [-0.3, -0.25) is 0 Å². The summed E-state index contributed by atoms with van der Waals surface area (Å²) in [4.78, 5) is 0. The summed E-state index contributed by atoms with van der Waals surface area (Å²) in [5.41, 5.74) is 2.50. The molecule has 20 heavy (non-hydrogen) atoms. The van der Waals surface area contributed by atoms with E-state index in [1.165, 1.54) is 24.8 Å². The van der Waals surface area contributed by atoms with Gasteiger partial charge in [-0.25, -0.2) is 0 Å². The maximum atomic E-state index is 2.57. The van der Waals surface area contributed by atoms with E-state index in [0.29, 0.717) is 10.8 Å². The van der Waals surface area contributed by atoms with Crippen LogP contribution in [0.25, 0.3) is 0 Å². The Balaban J connectivity index is 1.86. The summed E-state index contributed by atoms with van der Waals surface area (Å²) >= 11 is 0. The molecule has 110 valence electrons. The van der Waals surface area contributed by atoms with Gasteiger partial charge in [0, 0.05) is 17.4 Å². The molecule has 2 aliphatic rings. The summed E-state index contributed by atoms with van der Waals surface area (Å²) in [6, 6.07) is 11.8. The van der Waals surface area contributed by atoms with Crippen LogP contribution < -0.4 is 0 Å². The summed E-state index contributed by atoms with van der Waals surface area (Å²) in [7, 11) is 4.89. The molecule has 0 spiro atoms. The first-order valence-electron chi connectivity index (χ1n) is 8.14. The van der Waals surface area contributed by atoms with Crippen molar-refractivity contribution in [2.24, 2.45) is 16.7 Å². The first-order chi connectivity index (χ1) is 9.27. The zero-order chi connectivity index (χ0) is 14.6. The lowest BCUT2D eigenvalue weighted by Crippen LogP contribution is -2.55. The minimum absolute atomic E-state index is 0.510. The summed E-state index contributed by atoms with van der Waals surface area (Å²) in [6.07, 6.45) is 4.29. The predicted octanol–water partition coefficient (Wildman–Crippen LogP) is 4.48. The van der Waals surface area contributed by atoms with Crippen LogP contribution in [0.1, 0.15) is 45.6 Å². The van der Waals surface area contributed by atoms with Crippen molar-refractivity contribution < 1.29 is 4.48 Å². The minimum Gasteiger partial charge on any atom is -0.322 e. The van der Waals surface area contributed by atoms with Crippen LogP contribution in [0.3, 0.4) is 0 Å². The Labute approximate surface area is 124 Å². The normalized spacial score (nSPS) is 35.5. The molecule has 3 atom stereocenters. The predicted molar refractivity (Wildman–Crippen MR) is 85.3 cm³/mol. The lowest BCUT2D eigenvalue weighted by molar-refractivity contribution is -0.935. The molecular weight excluding hydrogens is 242 g/mol. The van der Waals surface area contributed by atoms with E-state index in [2.05, 4.69) is 65.2 Å². The first kappa shape index (κ1) is 14.1. The molecule has 0 radical (unpaired) electrons. The van der Waals surface area contributed by atoms with Crippen molar-refractivity contribution in [2.45, 2.75) is 52.6 Å². The largest absolute Gasteiger partial charge is 0.322 e. The second kappa shape index (κ2) is 4.34. The fraction of sp³-hybridized carbons (Fsp3) is 0.684. The molecule has 2 saturated carbocycles. The van der Waals surface area contributed by atoms with E-state index in [4.69, 9.17) is 0 Å². The number of quaternary nitrogens is 1. The number of hydrogen-bond donors (Lipinski definition) is 0. The third kappa shape index (κ3) is 1.86. The molecule has 0 saturated heterocycles. The van der Waals surface area contributed by atoms with Crippen LogP contribution in [0.2, 0.25) is 0 Å². The van der Waals surface area contributed by atoms with Crippen LogP contribution in [0.15, 0.2) is 30.3 Å². The summed E-state index contributed by atoms with van der Waals surface area (Å²) in [6.45, 7) is 8.76. The van der Waals surface area contributed by atoms with Gasteiger partial charge in [0.1, 0.15) is 6.54 Å². The van der Waals surface area contributed by atoms with Crippen molar-refractivity contribution in [3.8, 4) is 0 Å². The molecule has 1 aromatic carbocycles. The van der Waals surface area contributed by atoms with Gasteiger partial charge in [0.2, 0.25) is 0 Å². The summed E-state index contributed by atoms with van der Waals surface area (Å²) in [5.74, 6) is 0.936. The number of hydrogen-bond acceptors (Lipinski definition) is 0. The third-order valence-corrected chi connectivity index (χ3v) is 7.02. The first-order valence-corrected chi connectivity index (χ1v) is 8.14. The van der Waals surface area contributed by atoms with Crippen LogP contribution in [-0.4, -0.2) is 24.6 Å². The molecule has 0 aromatic heterocycles. The van der Waals surface area contributed by atoms with Gasteiger partial charge < -0.3 is 4.48 Å². The van der Waals surface area contributed by atoms with Crippen molar-refractivity contribution in [1.29, 1.82) is 0 Å². The second-order valence-corrected chi connectivity index (χ2v) is 8.55. The highest BCUT2D eigenvalue weighted by Crippen LogP contribution is 2.67. The zero-order valence-electron chi connectivity index (χ0n) is 13.8. The van der Waals surface area contributed by atoms with E-state index in [0.717, 1.165) is 23.0 Å². The fourth-order valence-electron chi connectivity index (χ4n) is 5.38. The van der Waals surface area contributed by atoms with Gasteiger partial charge in [0.15, 0.2) is 0 Å². The second-order valence-electron chi connectivity index (χ2n) is 8.55. The minimum atomic E-state index is 0.510. The smallest absolute Gasteiger partial charge is 0.104 e. The molecule has 1 aromatic rings.